The molecule has 0 N–H and O–H groups in total. The SMILES string of the molecule is CC(c1ccccc1)N1CC(c2nc(-c3ccc(F)c(Cl)c3)no2)CC1=O. The highest BCUT2D eigenvalue weighted by Gasteiger charge is 2.37. The first-order chi connectivity index (χ1) is 13.0. The molecular weight excluding hydrogens is 369 g/mol. The van der Waals surface area contributed by atoms with E-state index in [2.05, 4.69) is 10.1 Å². The largest absolute Gasteiger partial charge is 0.339 e. The fourth-order valence-corrected chi connectivity index (χ4v) is 3.52. The van der Waals surface area contributed by atoms with Crippen LogP contribution in [0, 0.1) is 5.82 Å². The van der Waals surface area contributed by atoms with Gasteiger partial charge in [0.2, 0.25) is 17.6 Å². The van der Waals surface area contributed by atoms with E-state index < -0.39 is 5.82 Å². The van der Waals surface area contributed by atoms with Crippen LogP contribution in [0.4, 0.5) is 4.39 Å². The molecule has 7 heteroatoms. The Kier molecular flexibility index (Phi) is 4.66. The first-order valence-electron chi connectivity index (χ1n) is 8.66. The smallest absolute Gasteiger partial charge is 0.232 e. The number of hydrogen-bond acceptors (Lipinski definition) is 4. The first kappa shape index (κ1) is 17.7. The molecule has 2 atom stereocenters. The van der Waals surface area contributed by atoms with Crippen molar-refractivity contribution in [1.82, 2.24) is 15.0 Å². The fourth-order valence-electron chi connectivity index (χ4n) is 3.34. The van der Waals surface area contributed by atoms with Crippen LogP contribution < -0.4 is 0 Å². The number of rotatable bonds is 4. The summed E-state index contributed by atoms with van der Waals surface area (Å²) in [6, 6.07) is 14.1. The third-order valence-electron chi connectivity index (χ3n) is 4.88. The Morgan fingerprint density at radius 2 is 2.04 bits per heavy atom. The molecular formula is C20H17ClFN3O2. The van der Waals surface area contributed by atoms with Crippen LogP contribution in [0.15, 0.2) is 53.1 Å². The highest BCUT2D eigenvalue weighted by molar-refractivity contribution is 6.31. The molecule has 1 aliphatic heterocycles. The summed E-state index contributed by atoms with van der Waals surface area (Å²) in [5.41, 5.74) is 1.65. The second-order valence-corrected chi connectivity index (χ2v) is 7.03. The molecule has 2 aromatic carbocycles. The molecule has 1 aromatic heterocycles. The second kappa shape index (κ2) is 7.12. The average molecular weight is 386 g/mol. The Balaban J connectivity index is 1.53. The average Bonchev–Trinajstić information content (AvgIpc) is 3.31. The van der Waals surface area contributed by atoms with Crippen LogP contribution in [0.5, 0.6) is 0 Å². The van der Waals surface area contributed by atoms with Crippen molar-refractivity contribution in [3.8, 4) is 11.4 Å². The van der Waals surface area contributed by atoms with Crippen molar-refractivity contribution < 1.29 is 13.7 Å². The lowest BCUT2D eigenvalue weighted by Crippen LogP contribution is -2.28. The Bertz CT molecular complexity index is 976. The van der Waals surface area contributed by atoms with E-state index in [0.717, 1.165) is 5.56 Å². The van der Waals surface area contributed by atoms with Crippen LogP contribution in [-0.2, 0) is 4.79 Å². The van der Waals surface area contributed by atoms with Crippen LogP contribution in [0.2, 0.25) is 5.02 Å². The summed E-state index contributed by atoms with van der Waals surface area (Å²) in [5.74, 6) is 0.119. The van der Waals surface area contributed by atoms with Gasteiger partial charge in [0.25, 0.3) is 0 Å². The van der Waals surface area contributed by atoms with Crippen LogP contribution in [0.1, 0.15) is 36.8 Å². The number of aromatic nitrogens is 2. The normalized spacial score (nSPS) is 18.1. The molecule has 27 heavy (non-hydrogen) atoms. The molecule has 4 rings (SSSR count). The van der Waals surface area contributed by atoms with Gasteiger partial charge in [0.05, 0.1) is 17.0 Å². The van der Waals surface area contributed by atoms with Gasteiger partial charge >= 0.3 is 0 Å². The number of amides is 1. The maximum Gasteiger partial charge on any atom is 0.232 e. The van der Waals surface area contributed by atoms with E-state index in [1.165, 1.54) is 12.1 Å². The zero-order valence-electron chi connectivity index (χ0n) is 14.6. The highest BCUT2D eigenvalue weighted by Crippen LogP contribution is 2.34. The van der Waals surface area contributed by atoms with E-state index in [1.807, 2.05) is 42.2 Å². The number of likely N-dealkylation sites (tertiary alicyclic amines) is 1. The summed E-state index contributed by atoms with van der Waals surface area (Å²) in [5, 5.41) is 3.96. The van der Waals surface area contributed by atoms with Gasteiger partial charge in [-0.2, -0.15) is 4.98 Å². The molecule has 1 fully saturated rings. The summed E-state index contributed by atoms with van der Waals surface area (Å²) in [6.45, 7) is 2.52. The summed E-state index contributed by atoms with van der Waals surface area (Å²) < 4.78 is 18.7. The zero-order valence-corrected chi connectivity index (χ0v) is 15.4. The molecule has 0 spiro atoms. The summed E-state index contributed by atoms with van der Waals surface area (Å²) in [6.07, 6.45) is 0.322. The summed E-state index contributed by atoms with van der Waals surface area (Å²) >= 11 is 5.82. The van der Waals surface area contributed by atoms with Gasteiger partial charge < -0.3 is 9.42 Å². The van der Waals surface area contributed by atoms with E-state index in [1.54, 1.807) is 6.07 Å². The molecule has 1 amide bonds. The van der Waals surface area contributed by atoms with Crippen molar-refractivity contribution in [2.75, 3.05) is 6.54 Å². The second-order valence-electron chi connectivity index (χ2n) is 6.62. The molecule has 1 aliphatic rings. The molecule has 3 aromatic rings. The number of halogens is 2. The lowest BCUT2D eigenvalue weighted by Gasteiger charge is -2.24. The van der Waals surface area contributed by atoms with E-state index in [-0.39, 0.29) is 22.9 Å². The Morgan fingerprint density at radius 1 is 1.26 bits per heavy atom. The van der Waals surface area contributed by atoms with Gasteiger partial charge in [0.15, 0.2) is 0 Å². The monoisotopic (exact) mass is 385 g/mol. The van der Waals surface area contributed by atoms with Crippen LogP contribution in [0.3, 0.4) is 0 Å². The maximum absolute atomic E-state index is 13.3. The van der Waals surface area contributed by atoms with Gasteiger partial charge in [0, 0.05) is 18.5 Å². The van der Waals surface area contributed by atoms with Crippen molar-refractivity contribution in [2.45, 2.75) is 25.3 Å². The molecule has 1 saturated heterocycles. The van der Waals surface area contributed by atoms with Gasteiger partial charge in [-0.15, -0.1) is 0 Å². The topological polar surface area (TPSA) is 59.2 Å². The number of hydrogen-bond donors (Lipinski definition) is 0. The van der Waals surface area contributed by atoms with Gasteiger partial charge in [-0.3, -0.25) is 4.79 Å². The van der Waals surface area contributed by atoms with Crippen LogP contribution >= 0.6 is 11.6 Å². The summed E-state index contributed by atoms with van der Waals surface area (Å²) in [7, 11) is 0. The van der Waals surface area contributed by atoms with Gasteiger partial charge in [-0.05, 0) is 30.7 Å². The Labute approximate surface area is 160 Å². The predicted octanol–water partition coefficient (Wildman–Crippen LogP) is 4.61. The van der Waals surface area contributed by atoms with Crippen molar-refractivity contribution in [3.63, 3.8) is 0 Å². The molecule has 2 unspecified atom stereocenters. The van der Waals surface area contributed by atoms with Crippen molar-refractivity contribution in [1.29, 1.82) is 0 Å². The molecule has 0 radical (unpaired) electrons. The minimum Gasteiger partial charge on any atom is -0.339 e. The molecule has 0 aliphatic carbocycles. The van der Waals surface area contributed by atoms with E-state index >= 15 is 0 Å². The maximum atomic E-state index is 13.3. The Morgan fingerprint density at radius 3 is 2.78 bits per heavy atom. The van der Waals surface area contributed by atoms with Crippen molar-refractivity contribution in [2.24, 2.45) is 0 Å². The molecule has 0 bridgehead atoms. The van der Waals surface area contributed by atoms with Crippen LogP contribution in [0.25, 0.3) is 11.4 Å². The molecule has 2 heterocycles. The van der Waals surface area contributed by atoms with Crippen molar-refractivity contribution >= 4 is 17.5 Å². The molecule has 5 nitrogen and oxygen atoms in total. The number of carbonyl (C=O) groups is 1. The first-order valence-corrected chi connectivity index (χ1v) is 9.04. The van der Waals surface area contributed by atoms with Gasteiger partial charge in [-0.25, -0.2) is 4.39 Å². The molecule has 138 valence electrons. The van der Waals surface area contributed by atoms with E-state index in [9.17, 15) is 9.18 Å². The van der Waals surface area contributed by atoms with E-state index in [0.29, 0.717) is 30.2 Å². The number of benzene rings is 2. The number of nitrogens with zero attached hydrogens (tertiary/aromatic N) is 3. The zero-order chi connectivity index (χ0) is 19.0. The third-order valence-corrected chi connectivity index (χ3v) is 5.17. The van der Waals surface area contributed by atoms with Crippen LogP contribution in [-0.4, -0.2) is 27.5 Å². The minimum atomic E-state index is -0.504. The lowest BCUT2D eigenvalue weighted by atomic mass is 10.1. The van der Waals surface area contributed by atoms with E-state index in [4.69, 9.17) is 16.1 Å². The third kappa shape index (κ3) is 3.45. The summed E-state index contributed by atoms with van der Waals surface area (Å²) in [4.78, 5) is 18.7. The highest BCUT2D eigenvalue weighted by atomic mass is 35.5. The fraction of sp³-hybridized carbons (Fsp3) is 0.250. The number of carbonyl (C=O) groups excluding carboxylic acids is 1. The lowest BCUT2D eigenvalue weighted by molar-refractivity contribution is -0.129. The standard InChI is InChI=1S/C20H17ClFN3O2/c1-12(13-5-3-2-4-6-13)25-11-15(10-18(25)26)20-23-19(24-27-20)14-7-8-17(22)16(21)9-14/h2-9,12,15H,10-11H2,1H3. The Hall–Kier alpha value is -2.73. The predicted molar refractivity (Wildman–Crippen MR) is 98.6 cm³/mol. The minimum absolute atomic E-state index is 0.00208. The van der Waals surface area contributed by atoms with Gasteiger partial charge in [-0.1, -0.05) is 47.1 Å². The van der Waals surface area contributed by atoms with Crippen molar-refractivity contribution in [3.05, 3.63) is 70.8 Å². The quantitative estimate of drug-likeness (QED) is 0.658. The molecule has 0 saturated carbocycles. The van der Waals surface area contributed by atoms with Gasteiger partial charge in [0.1, 0.15) is 5.82 Å².